The number of anilines is 1. The van der Waals surface area contributed by atoms with Crippen molar-refractivity contribution >= 4 is 23.4 Å². The van der Waals surface area contributed by atoms with E-state index in [-0.39, 0.29) is 29.7 Å². The maximum Gasteiger partial charge on any atom is 0.253 e. The van der Waals surface area contributed by atoms with Gasteiger partial charge in [-0.25, -0.2) is 8.78 Å². The van der Waals surface area contributed by atoms with Gasteiger partial charge in [0.2, 0.25) is 11.8 Å². The maximum absolute atomic E-state index is 14.4. The van der Waals surface area contributed by atoms with E-state index in [9.17, 15) is 23.2 Å². The molecule has 0 spiro atoms. The van der Waals surface area contributed by atoms with Gasteiger partial charge in [-0.15, -0.1) is 0 Å². The fraction of sp³-hybridized carbons (Fsp3) is 0.464. The number of hydrogen-bond acceptors (Lipinski definition) is 3. The third-order valence-corrected chi connectivity index (χ3v) is 7.49. The predicted octanol–water partition coefficient (Wildman–Crippen LogP) is 4.42. The van der Waals surface area contributed by atoms with Gasteiger partial charge in [-0.2, -0.15) is 0 Å². The van der Waals surface area contributed by atoms with Crippen LogP contribution < -0.4 is 4.90 Å². The van der Waals surface area contributed by atoms with Gasteiger partial charge in [0.1, 0.15) is 11.6 Å². The number of carbonyl (C=O) groups is 3. The molecule has 3 amide bonds. The Morgan fingerprint density at radius 2 is 1.83 bits per heavy atom. The Hall–Kier alpha value is -3.29. The molecule has 0 N–H and O–H groups in total. The Morgan fingerprint density at radius 3 is 2.47 bits per heavy atom. The summed E-state index contributed by atoms with van der Waals surface area (Å²) in [5.74, 6) is -1.20. The van der Waals surface area contributed by atoms with E-state index in [0.717, 1.165) is 18.2 Å². The minimum atomic E-state index is -0.629. The molecule has 0 aliphatic carbocycles. The number of nitrogens with zero attached hydrogens (tertiary/aromatic N) is 3. The second kappa shape index (κ2) is 11.2. The van der Waals surface area contributed by atoms with E-state index in [1.165, 1.54) is 12.1 Å². The predicted molar refractivity (Wildman–Crippen MR) is 134 cm³/mol. The molecule has 2 aromatic carbocycles. The number of rotatable bonds is 7. The third kappa shape index (κ3) is 5.58. The van der Waals surface area contributed by atoms with E-state index in [0.29, 0.717) is 62.9 Å². The second-order valence-corrected chi connectivity index (χ2v) is 9.69. The van der Waals surface area contributed by atoms with Crippen LogP contribution in [0.4, 0.5) is 14.5 Å². The van der Waals surface area contributed by atoms with Crippen molar-refractivity contribution in [1.82, 2.24) is 9.80 Å². The van der Waals surface area contributed by atoms with Gasteiger partial charge in [0.05, 0.1) is 0 Å². The molecule has 8 heteroatoms. The van der Waals surface area contributed by atoms with E-state index < -0.39 is 11.6 Å². The monoisotopic (exact) mass is 497 g/mol. The molecule has 0 aromatic heterocycles. The molecule has 0 saturated carbocycles. The molecular formula is C28H33F2N3O3. The van der Waals surface area contributed by atoms with Crippen molar-refractivity contribution in [3.8, 4) is 0 Å². The van der Waals surface area contributed by atoms with Crippen LogP contribution in [-0.4, -0.2) is 60.2 Å². The fourth-order valence-corrected chi connectivity index (χ4v) is 5.36. The first-order valence-electron chi connectivity index (χ1n) is 12.7. The van der Waals surface area contributed by atoms with Crippen LogP contribution in [0.3, 0.4) is 0 Å². The SMILES string of the molecule is CCC(=O)N(C)C(Cc1ccc(F)cc1F)C1CCN(C(=O)c2cccc(N3CCCC3=O)c2)CC1. The second-order valence-electron chi connectivity index (χ2n) is 9.69. The summed E-state index contributed by atoms with van der Waals surface area (Å²) in [6.07, 6.45) is 3.33. The lowest BCUT2D eigenvalue weighted by Crippen LogP contribution is -2.48. The molecule has 36 heavy (non-hydrogen) atoms. The molecule has 192 valence electrons. The Balaban J connectivity index is 1.45. The van der Waals surface area contributed by atoms with Crippen LogP contribution in [0.1, 0.15) is 54.9 Å². The minimum Gasteiger partial charge on any atom is -0.342 e. The summed E-state index contributed by atoms with van der Waals surface area (Å²) in [5, 5.41) is 0. The van der Waals surface area contributed by atoms with Gasteiger partial charge in [0.25, 0.3) is 5.91 Å². The van der Waals surface area contributed by atoms with Crippen molar-refractivity contribution in [1.29, 1.82) is 0 Å². The molecule has 0 bridgehead atoms. The number of likely N-dealkylation sites (N-methyl/N-ethyl adjacent to an activating group) is 1. The number of benzene rings is 2. The number of halogens is 2. The van der Waals surface area contributed by atoms with Crippen molar-refractivity contribution in [3.05, 3.63) is 65.2 Å². The van der Waals surface area contributed by atoms with E-state index >= 15 is 0 Å². The Morgan fingerprint density at radius 1 is 1.08 bits per heavy atom. The zero-order valence-electron chi connectivity index (χ0n) is 20.9. The highest BCUT2D eigenvalue weighted by Gasteiger charge is 2.33. The minimum absolute atomic E-state index is 0.0331. The van der Waals surface area contributed by atoms with Crippen molar-refractivity contribution in [3.63, 3.8) is 0 Å². The molecule has 2 saturated heterocycles. The average molecular weight is 498 g/mol. The van der Waals surface area contributed by atoms with Crippen LogP contribution in [0.25, 0.3) is 0 Å². The molecule has 1 unspecified atom stereocenters. The van der Waals surface area contributed by atoms with Gasteiger partial charge in [-0.05, 0) is 61.4 Å². The van der Waals surface area contributed by atoms with Gasteiger partial charge in [0.15, 0.2) is 0 Å². The fourth-order valence-electron chi connectivity index (χ4n) is 5.36. The molecule has 2 aliphatic rings. The van der Waals surface area contributed by atoms with Crippen molar-refractivity contribution in [2.75, 3.05) is 31.6 Å². The highest BCUT2D eigenvalue weighted by Crippen LogP contribution is 2.29. The lowest BCUT2D eigenvalue weighted by atomic mass is 9.84. The summed E-state index contributed by atoms with van der Waals surface area (Å²) < 4.78 is 27.8. The summed E-state index contributed by atoms with van der Waals surface area (Å²) >= 11 is 0. The van der Waals surface area contributed by atoms with Crippen LogP contribution in [0.5, 0.6) is 0 Å². The highest BCUT2D eigenvalue weighted by atomic mass is 19.1. The number of carbonyl (C=O) groups excluding carboxylic acids is 3. The molecule has 2 aliphatic heterocycles. The van der Waals surface area contributed by atoms with Gasteiger partial charge >= 0.3 is 0 Å². The first-order chi connectivity index (χ1) is 17.3. The molecule has 2 aromatic rings. The van der Waals surface area contributed by atoms with Crippen LogP contribution in [0, 0.1) is 17.6 Å². The van der Waals surface area contributed by atoms with E-state index in [1.807, 2.05) is 6.07 Å². The molecule has 2 heterocycles. The lowest BCUT2D eigenvalue weighted by molar-refractivity contribution is -0.133. The van der Waals surface area contributed by atoms with Crippen LogP contribution >= 0.6 is 0 Å². The number of likely N-dealkylation sites (tertiary alicyclic amines) is 1. The standard InChI is InChI=1S/C28H33F2N3O3/c1-3-26(34)31(2)25(17-20-9-10-22(29)18-24(20)30)19-11-14-32(15-12-19)28(36)21-6-4-7-23(16-21)33-13-5-8-27(33)35/h4,6-7,9-10,16,18-19,25H,3,5,8,11-15,17H2,1-2H3. The summed E-state index contributed by atoms with van der Waals surface area (Å²) in [6.45, 7) is 3.50. The summed E-state index contributed by atoms with van der Waals surface area (Å²) in [6, 6.07) is 10.5. The van der Waals surface area contributed by atoms with Crippen molar-refractivity contribution < 1.29 is 23.2 Å². The quantitative estimate of drug-likeness (QED) is 0.569. The average Bonchev–Trinajstić information content (AvgIpc) is 3.33. The Bertz CT molecular complexity index is 1130. The van der Waals surface area contributed by atoms with Gasteiger partial charge in [-0.3, -0.25) is 14.4 Å². The lowest BCUT2D eigenvalue weighted by Gasteiger charge is -2.40. The van der Waals surface area contributed by atoms with Gasteiger partial charge in [0, 0.05) is 62.9 Å². The van der Waals surface area contributed by atoms with E-state index in [4.69, 9.17) is 0 Å². The summed E-state index contributed by atoms with van der Waals surface area (Å²) in [5.41, 5.74) is 1.68. The Labute approximate surface area is 210 Å². The van der Waals surface area contributed by atoms with Crippen molar-refractivity contribution in [2.45, 2.75) is 51.5 Å². The Kier molecular flexibility index (Phi) is 8.01. The zero-order valence-corrected chi connectivity index (χ0v) is 20.9. The summed E-state index contributed by atoms with van der Waals surface area (Å²) in [4.78, 5) is 43.1. The largest absolute Gasteiger partial charge is 0.342 e. The van der Waals surface area contributed by atoms with Crippen molar-refractivity contribution in [2.24, 2.45) is 5.92 Å². The van der Waals surface area contributed by atoms with Crippen LogP contribution in [0.2, 0.25) is 0 Å². The summed E-state index contributed by atoms with van der Waals surface area (Å²) in [7, 11) is 1.74. The maximum atomic E-state index is 14.4. The van der Waals surface area contributed by atoms with E-state index in [2.05, 4.69) is 0 Å². The number of hydrogen-bond donors (Lipinski definition) is 0. The van der Waals surface area contributed by atoms with E-state index in [1.54, 1.807) is 46.9 Å². The molecule has 2 fully saturated rings. The molecule has 4 rings (SSSR count). The van der Waals surface area contributed by atoms with Gasteiger partial charge < -0.3 is 14.7 Å². The van der Waals surface area contributed by atoms with Crippen LogP contribution in [0.15, 0.2) is 42.5 Å². The molecule has 1 atom stereocenters. The first kappa shape index (κ1) is 25.8. The molecule has 0 radical (unpaired) electrons. The molecule has 6 nitrogen and oxygen atoms in total. The van der Waals surface area contributed by atoms with Crippen LogP contribution in [-0.2, 0) is 16.0 Å². The molecular weight excluding hydrogens is 464 g/mol. The normalized spacial score (nSPS) is 17.4. The topological polar surface area (TPSA) is 60.9 Å². The zero-order chi connectivity index (χ0) is 25.8. The third-order valence-electron chi connectivity index (χ3n) is 7.49. The highest BCUT2D eigenvalue weighted by molar-refractivity contribution is 5.99. The number of piperidine rings is 1. The number of amides is 3. The smallest absolute Gasteiger partial charge is 0.253 e. The van der Waals surface area contributed by atoms with Gasteiger partial charge in [-0.1, -0.05) is 19.1 Å². The first-order valence-corrected chi connectivity index (χ1v) is 12.7.